The SMILES string of the molecule is C[C@H](C(=O)N(C1CC1)[C@H](C)C1CC1)[C@@H](N)c1ccccc1. The van der Waals surface area contributed by atoms with Gasteiger partial charge < -0.3 is 10.6 Å². The van der Waals surface area contributed by atoms with E-state index in [0.29, 0.717) is 12.1 Å². The normalized spacial score (nSPS) is 22.4. The molecule has 0 unspecified atom stereocenters. The van der Waals surface area contributed by atoms with Gasteiger partial charge in [-0.25, -0.2) is 0 Å². The number of carbonyl (C=O) groups is 1. The van der Waals surface area contributed by atoms with Crippen LogP contribution >= 0.6 is 0 Å². The van der Waals surface area contributed by atoms with E-state index in [9.17, 15) is 4.79 Å². The molecule has 0 heterocycles. The Labute approximate surface area is 127 Å². The minimum atomic E-state index is -0.216. The lowest BCUT2D eigenvalue weighted by molar-refractivity contribution is -0.139. The number of amides is 1. The maximum absolute atomic E-state index is 13.0. The summed E-state index contributed by atoms with van der Waals surface area (Å²) in [5.74, 6) is 0.803. The predicted molar refractivity (Wildman–Crippen MR) is 84.6 cm³/mol. The lowest BCUT2D eigenvalue weighted by Gasteiger charge is -2.33. The molecular weight excluding hydrogens is 260 g/mol. The maximum atomic E-state index is 13.0. The first kappa shape index (κ1) is 14.6. The van der Waals surface area contributed by atoms with Gasteiger partial charge in [0.15, 0.2) is 0 Å². The summed E-state index contributed by atoms with van der Waals surface area (Å²) in [5.41, 5.74) is 7.39. The standard InChI is InChI=1S/C18H26N2O/c1-12(17(19)15-6-4-3-5-7-15)18(21)20(16-10-11-16)13(2)14-8-9-14/h3-7,12-14,16-17H,8-11,19H2,1-2H3/t12-,13+,17+/m0/s1. The second kappa shape index (κ2) is 5.80. The monoisotopic (exact) mass is 286 g/mol. The van der Waals surface area contributed by atoms with Crippen molar-refractivity contribution in [1.29, 1.82) is 0 Å². The molecule has 0 saturated heterocycles. The average molecular weight is 286 g/mol. The van der Waals surface area contributed by atoms with E-state index in [1.165, 1.54) is 12.8 Å². The highest BCUT2D eigenvalue weighted by molar-refractivity contribution is 5.80. The van der Waals surface area contributed by atoms with Gasteiger partial charge in [0.2, 0.25) is 5.91 Å². The predicted octanol–water partition coefficient (Wildman–Crippen LogP) is 3.11. The third-order valence-corrected chi connectivity index (χ3v) is 5.05. The summed E-state index contributed by atoms with van der Waals surface area (Å²) in [5, 5.41) is 0. The lowest BCUT2D eigenvalue weighted by Crippen LogP contribution is -2.46. The third kappa shape index (κ3) is 3.13. The fraction of sp³-hybridized carbons (Fsp3) is 0.611. The molecule has 0 aliphatic heterocycles. The molecule has 0 bridgehead atoms. The average Bonchev–Trinajstić information content (AvgIpc) is 3.39. The van der Waals surface area contributed by atoms with Gasteiger partial charge in [-0.05, 0) is 44.1 Å². The molecule has 2 aliphatic carbocycles. The van der Waals surface area contributed by atoms with Crippen molar-refractivity contribution in [2.24, 2.45) is 17.6 Å². The van der Waals surface area contributed by atoms with Gasteiger partial charge in [0, 0.05) is 18.1 Å². The first-order valence-electron chi connectivity index (χ1n) is 8.22. The molecule has 1 aromatic rings. The van der Waals surface area contributed by atoms with Gasteiger partial charge in [-0.15, -0.1) is 0 Å². The van der Waals surface area contributed by atoms with Gasteiger partial charge in [0.25, 0.3) is 0 Å². The molecule has 2 N–H and O–H groups in total. The number of benzene rings is 1. The van der Waals surface area contributed by atoms with Crippen molar-refractivity contribution in [2.45, 2.75) is 57.7 Å². The highest BCUT2D eigenvalue weighted by Gasteiger charge is 2.43. The van der Waals surface area contributed by atoms with Gasteiger partial charge >= 0.3 is 0 Å². The van der Waals surface area contributed by atoms with Crippen LogP contribution in [-0.2, 0) is 4.79 Å². The largest absolute Gasteiger partial charge is 0.336 e. The van der Waals surface area contributed by atoms with Gasteiger partial charge in [-0.1, -0.05) is 37.3 Å². The number of rotatable bonds is 6. The van der Waals surface area contributed by atoms with E-state index in [2.05, 4.69) is 11.8 Å². The summed E-state index contributed by atoms with van der Waals surface area (Å²) in [7, 11) is 0. The molecule has 1 amide bonds. The molecule has 2 fully saturated rings. The van der Waals surface area contributed by atoms with Crippen LogP contribution in [0, 0.1) is 11.8 Å². The quantitative estimate of drug-likeness (QED) is 0.873. The Balaban J connectivity index is 1.72. The smallest absolute Gasteiger partial charge is 0.227 e. The molecule has 0 radical (unpaired) electrons. The van der Waals surface area contributed by atoms with Gasteiger partial charge in [-0.3, -0.25) is 4.79 Å². The molecule has 2 aliphatic rings. The summed E-state index contributed by atoms with van der Waals surface area (Å²) in [6.07, 6.45) is 4.87. The number of nitrogens with two attached hydrogens (primary N) is 1. The summed E-state index contributed by atoms with van der Waals surface area (Å²) in [6.45, 7) is 4.20. The maximum Gasteiger partial charge on any atom is 0.227 e. The summed E-state index contributed by atoms with van der Waals surface area (Å²) < 4.78 is 0. The Hall–Kier alpha value is -1.35. The number of carbonyl (C=O) groups excluding carboxylic acids is 1. The Bertz CT molecular complexity index is 493. The highest BCUT2D eigenvalue weighted by atomic mass is 16.2. The molecular formula is C18H26N2O. The van der Waals surface area contributed by atoms with E-state index >= 15 is 0 Å². The van der Waals surface area contributed by atoms with E-state index in [1.807, 2.05) is 37.3 Å². The van der Waals surface area contributed by atoms with Crippen molar-refractivity contribution in [2.75, 3.05) is 0 Å². The summed E-state index contributed by atoms with van der Waals surface area (Å²) >= 11 is 0. The molecule has 3 rings (SSSR count). The molecule has 3 nitrogen and oxygen atoms in total. The Kier molecular flexibility index (Phi) is 4.03. The van der Waals surface area contributed by atoms with Gasteiger partial charge in [0.1, 0.15) is 0 Å². The minimum Gasteiger partial charge on any atom is -0.336 e. The first-order chi connectivity index (χ1) is 10.1. The second-order valence-electron chi connectivity index (χ2n) is 6.78. The van der Waals surface area contributed by atoms with Gasteiger partial charge in [0.05, 0.1) is 5.92 Å². The van der Waals surface area contributed by atoms with Crippen LogP contribution in [0.5, 0.6) is 0 Å². The number of nitrogens with zero attached hydrogens (tertiary/aromatic N) is 1. The highest BCUT2D eigenvalue weighted by Crippen LogP contribution is 2.41. The van der Waals surface area contributed by atoms with Crippen LogP contribution in [0.25, 0.3) is 0 Å². The van der Waals surface area contributed by atoms with Crippen LogP contribution in [0.15, 0.2) is 30.3 Å². The fourth-order valence-corrected chi connectivity index (χ4v) is 3.22. The summed E-state index contributed by atoms with van der Waals surface area (Å²) in [6, 6.07) is 10.6. The molecule has 3 heteroatoms. The van der Waals surface area contributed by atoms with Crippen LogP contribution < -0.4 is 5.73 Å². The van der Waals surface area contributed by atoms with E-state index in [-0.39, 0.29) is 17.9 Å². The van der Waals surface area contributed by atoms with Crippen LogP contribution in [0.1, 0.15) is 51.1 Å². The van der Waals surface area contributed by atoms with E-state index in [1.54, 1.807) is 0 Å². The van der Waals surface area contributed by atoms with Crippen LogP contribution in [-0.4, -0.2) is 22.9 Å². The molecule has 1 aromatic carbocycles. The minimum absolute atomic E-state index is 0.158. The van der Waals surface area contributed by atoms with Crippen molar-refractivity contribution in [3.63, 3.8) is 0 Å². The first-order valence-corrected chi connectivity index (χ1v) is 8.22. The molecule has 114 valence electrons. The van der Waals surface area contributed by atoms with Crippen molar-refractivity contribution in [3.8, 4) is 0 Å². The van der Waals surface area contributed by atoms with Crippen molar-refractivity contribution in [1.82, 2.24) is 4.90 Å². The molecule has 3 atom stereocenters. The van der Waals surface area contributed by atoms with E-state index < -0.39 is 0 Å². The van der Waals surface area contributed by atoms with Crippen molar-refractivity contribution >= 4 is 5.91 Å². The lowest BCUT2D eigenvalue weighted by atomic mass is 9.93. The zero-order chi connectivity index (χ0) is 15.0. The van der Waals surface area contributed by atoms with Crippen LogP contribution in [0.4, 0.5) is 0 Å². The molecule has 21 heavy (non-hydrogen) atoms. The fourth-order valence-electron chi connectivity index (χ4n) is 3.22. The van der Waals surface area contributed by atoms with Gasteiger partial charge in [-0.2, -0.15) is 0 Å². The van der Waals surface area contributed by atoms with E-state index in [0.717, 1.165) is 24.3 Å². The van der Waals surface area contributed by atoms with Crippen molar-refractivity contribution < 1.29 is 4.79 Å². The zero-order valence-corrected chi connectivity index (χ0v) is 13.0. The Morgan fingerprint density at radius 1 is 1.14 bits per heavy atom. The van der Waals surface area contributed by atoms with Crippen molar-refractivity contribution in [3.05, 3.63) is 35.9 Å². The van der Waals surface area contributed by atoms with E-state index in [4.69, 9.17) is 5.73 Å². The van der Waals surface area contributed by atoms with Crippen LogP contribution in [0.2, 0.25) is 0 Å². The number of hydrogen-bond donors (Lipinski definition) is 1. The summed E-state index contributed by atoms with van der Waals surface area (Å²) in [4.78, 5) is 15.1. The number of hydrogen-bond acceptors (Lipinski definition) is 2. The Morgan fingerprint density at radius 2 is 1.76 bits per heavy atom. The Morgan fingerprint density at radius 3 is 2.29 bits per heavy atom. The molecule has 2 saturated carbocycles. The molecule has 0 spiro atoms. The molecule has 0 aromatic heterocycles. The third-order valence-electron chi connectivity index (χ3n) is 5.05. The topological polar surface area (TPSA) is 46.3 Å². The van der Waals surface area contributed by atoms with Crippen LogP contribution in [0.3, 0.4) is 0 Å². The zero-order valence-electron chi connectivity index (χ0n) is 13.0. The second-order valence-corrected chi connectivity index (χ2v) is 6.78.